The van der Waals surface area contributed by atoms with Gasteiger partial charge in [0.2, 0.25) is 0 Å². The molecule has 2 rings (SSSR count). The molecule has 1 aliphatic carbocycles. The van der Waals surface area contributed by atoms with Gasteiger partial charge in [-0.1, -0.05) is 13.8 Å². The zero-order valence-corrected chi connectivity index (χ0v) is 15.6. The van der Waals surface area contributed by atoms with E-state index in [0.29, 0.717) is 6.04 Å². The molecule has 2 N–H and O–H groups in total. The number of hydrogen-bond acceptors (Lipinski definition) is 2. The van der Waals surface area contributed by atoms with Crippen LogP contribution >= 0.6 is 0 Å². The predicted molar refractivity (Wildman–Crippen MR) is 59.8 cm³/mol. The first-order valence-electron chi connectivity index (χ1n) is 5.99. The molecule has 15 heavy (non-hydrogen) atoms. The van der Waals surface area contributed by atoms with Crippen molar-refractivity contribution in [2.75, 3.05) is 6.54 Å². The van der Waals surface area contributed by atoms with Crippen molar-refractivity contribution < 1.29 is 58.2 Å². The molecule has 82 valence electrons. The van der Waals surface area contributed by atoms with Gasteiger partial charge < -0.3 is 10.6 Å². The maximum Gasteiger partial charge on any atom is 1.00 e. The van der Waals surface area contributed by atoms with Gasteiger partial charge in [0, 0.05) is 6.04 Å². The van der Waals surface area contributed by atoms with E-state index in [4.69, 9.17) is 0 Å². The van der Waals surface area contributed by atoms with E-state index in [2.05, 4.69) is 31.4 Å². The summed E-state index contributed by atoms with van der Waals surface area (Å²) < 4.78 is 0. The topological polar surface area (TPSA) is 24.1 Å². The fraction of sp³-hybridized carbons (Fsp3) is 0.917. The van der Waals surface area contributed by atoms with Crippen LogP contribution in [0.25, 0.3) is 0 Å². The summed E-state index contributed by atoms with van der Waals surface area (Å²) in [6.07, 6.45) is 4.11. The molecule has 0 aromatic rings. The van der Waals surface area contributed by atoms with Crippen molar-refractivity contribution in [1.82, 2.24) is 10.6 Å². The van der Waals surface area contributed by atoms with Crippen LogP contribution in [0, 0.1) is 17.9 Å². The number of fused-ring (bicyclic) bond motifs is 1. The molecule has 3 unspecified atom stereocenters. The van der Waals surface area contributed by atoms with Crippen LogP contribution in [-0.4, -0.2) is 18.6 Å². The Kier molecular flexibility index (Phi) is 6.51. The molecule has 1 saturated heterocycles. The zero-order chi connectivity index (χ0) is 10.1. The number of hydrogen-bond donors (Lipinski definition) is 2. The summed E-state index contributed by atoms with van der Waals surface area (Å²) in [5.74, 6) is 1.79. The number of nitrogens with one attached hydrogen (secondary N) is 2. The summed E-state index contributed by atoms with van der Waals surface area (Å²) in [6.45, 7) is 7.97. The molecule has 0 radical (unpaired) electrons. The average molecular weight is 281 g/mol. The van der Waals surface area contributed by atoms with Gasteiger partial charge in [-0.3, -0.25) is 0 Å². The molecule has 0 aromatic heterocycles. The SMILES string of the molecule is C[C-]1CNC2CC(C(C)C)CCC2N1.[Rb+]. The second-order valence-electron chi connectivity index (χ2n) is 5.34. The summed E-state index contributed by atoms with van der Waals surface area (Å²) in [5.41, 5.74) is 0. The molecule has 1 saturated carbocycles. The van der Waals surface area contributed by atoms with Crippen molar-refractivity contribution in [3.05, 3.63) is 6.04 Å². The van der Waals surface area contributed by atoms with Crippen LogP contribution in [0.3, 0.4) is 0 Å². The molecule has 2 aliphatic rings. The van der Waals surface area contributed by atoms with Gasteiger partial charge in [0.25, 0.3) is 0 Å². The Bertz CT molecular complexity index is 196. The van der Waals surface area contributed by atoms with Gasteiger partial charge >= 0.3 is 58.2 Å². The third-order valence-corrected chi connectivity index (χ3v) is 3.89. The van der Waals surface area contributed by atoms with Crippen molar-refractivity contribution >= 4 is 0 Å². The maximum absolute atomic E-state index is 3.66. The minimum Gasteiger partial charge on any atom is -0.462 e. The normalized spacial score (nSPS) is 37.2. The van der Waals surface area contributed by atoms with Crippen LogP contribution in [-0.2, 0) is 0 Å². The Balaban J connectivity index is 0.00000112. The first-order valence-corrected chi connectivity index (χ1v) is 5.99. The summed E-state index contributed by atoms with van der Waals surface area (Å²) in [7, 11) is 0. The van der Waals surface area contributed by atoms with Gasteiger partial charge in [0.1, 0.15) is 0 Å². The summed E-state index contributed by atoms with van der Waals surface area (Å²) >= 11 is 0. The van der Waals surface area contributed by atoms with Gasteiger partial charge in [-0.2, -0.15) is 6.92 Å². The number of piperazine rings is 1. The van der Waals surface area contributed by atoms with Gasteiger partial charge in [-0.15, -0.1) is 6.54 Å². The van der Waals surface area contributed by atoms with Crippen molar-refractivity contribution in [3.63, 3.8) is 0 Å². The molecule has 0 spiro atoms. The predicted octanol–water partition coefficient (Wildman–Crippen LogP) is -1.07. The Morgan fingerprint density at radius 3 is 2.60 bits per heavy atom. The first kappa shape index (κ1) is 14.8. The average Bonchev–Trinajstić information content (AvgIpc) is 2.16. The summed E-state index contributed by atoms with van der Waals surface area (Å²) in [5, 5.41) is 7.29. The van der Waals surface area contributed by atoms with Crippen molar-refractivity contribution in [3.8, 4) is 0 Å². The fourth-order valence-electron chi connectivity index (χ4n) is 2.86. The Morgan fingerprint density at radius 1 is 1.20 bits per heavy atom. The van der Waals surface area contributed by atoms with Crippen LogP contribution in [0.4, 0.5) is 0 Å². The van der Waals surface area contributed by atoms with Crippen LogP contribution < -0.4 is 68.8 Å². The molecule has 2 fully saturated rings. The quantitative estimate of drug-likeness (QED) is 0.598. The van der Waals surface area contributed by atoms with E-state index in [1.165, 1.54) is 25.3 Å². The molecule has 0 aromatic carbocycles. The van der Waals surface area contributed by atoms with Gasteiger partial charge in [0.05, 0.1) is 0 Å². The van der Waals surface area contributed by atoms with Crippen molar-refractivity contribution in [2.45, 2.75) is 52.1 Å². The summed E-state index contributed by atoms with van der Waals surface area (Å²) in [6, 6.07) is 2.84. The maximum atomic E-state index is 3.66. The van der Waals surface area contributed by atoms with E-state index in [9.17, 15) is 0 Å². The third kappa shape index (κ3) is 3.85. The molecule has 0 bridgehead atoms. The molecule has 2 nitrogen and oxygen atoms in total. The van der Waals surface area contributed by atoms with E-state index >= 15 is 0 Å². The Morgan fingerprint density at radius 2 is 1.93 bits per heavy atom. The minimum absolute atomic E-state index is 0. The molecule has 0 amide bonds. The zero-order valence-electron chi connectivity index (χ0n) is 10.6. The van der Waals surface area contributed by atoms with Crippen molar-refractivity contribution in [1.29, 1.82) is 0 Å². The van der Waals surface area contributed by atoms with Crippen LogP contribution in [0.5, 0.6) is 0 Å². The van der Waals surface area contributed by atoms with E-state index in [0.717, 1.165) is 24.4 Å². The Labute approximate surface area is 143 Å². The van der Waals surface area contributed by atoms with E-state index in [-0.39, 0.29) is 58.2 Å². The first-order chi connectivity index (χ1) is 6.66. The van der Waals surface area contributed by atoms with Crippen LogP contribution in [0.1, 0.15) is 40.0 Å². The molecule has 3 heteroatoms. The standard InChI is InChI=1S/C12H23N2.Rb/c1-8(2)10-4-5-11-12(6-10)13-7-9(3)14-11;/h8,10-14H,4-7H2,1-3H3;/q-1;+1. The van der Waals surface area contributed by atoms with E-state index < -0.39 is 0 Å². The molecular formula is C12H23N2Rb. The third-order valence-electron chi connectivity index (χ3n) is 3.89. The fourth-order valence-corrected chi connectivity index (χ4v) is 2.86. The van der Waals surface area contributed by atoms with Crippen LogP contribution in [0.15, 0.2) is 0 Å². The molecule has 1 heterocycles. The second kappa shape index (κ2) is 6.60. The second-order valence-corrected chi connectivity index (χ2v) is 5.34. The smallest absolute Gasteiger partial charge is 0.462 e. The van der Waals surface area contributed by atoms with Gasteiger partial charge in [-0.25, -0.2) is 6.04 Å². The van der Waals surface area contributed by atoms with Gasteiger partial charge in [-0.05, 0) is 37.1 Å². The van der Waals surface area contributed by atoms with Gasteiger partial charge in [0.15, 0.2) is 0 Å². The summed E-state index contributed by atoms with van der Waals surface area (Å²) in [4.78, 5) is 0. The largest absolute Gasteiger partial charge is 1.00 e. The molecular weight excluding hydrogens is 258 g/mol. The van der Waals surface area contributed by atoms with Crippen molar-refractivity contribution in [2.24, 2.45) is 11.8 Å². The minimum atomic E-state index is 0. The number of rotatable bonds is 1. The monoisotopic (exact) mass is 280 g/mol. The van der Waals surface area contributed by atoms with Crippen LogP contribution in [0.2, 0.25) is 0 Å². The molecule has 3 atom stereocenters. The van der Waals surface area contributed by atoms with E-state index in [1.807, 2.05) is 0 Å². The van der Waals surface area contributed by atoms with E-state index in [1.54, 1.807) is 0 Å². The Hall–Kier alpha value is 1.73. The molecule has 1 aliphatic heterocycles.